The van der Waals surface area contributed by atoms with E-state index in [1.807, 2.05) is 0 Å². The van der Waals surface area contributed by atoms with Crippen molar-refractivity contribution >= 4 is 22.7 Å². The molecule has 0 radical (unpaired) electrons. The number of amides is 2. The largest absolute Gasteiger partial charge is 0.390 e. The molecule has 0 aromatic carbocycles. The summed E-state index contributed by atoms with van der Waals surface area (Å²) in [6, 6.07) is -0.162. The number of nitrogens with one attached hydrogen (secondary N) is 1. The standard InChI is InChI=1S/C12H20N4O2S/c1-8-13-10(19-15-8)14-11(17)16-6-4-5-9(7-16)12(2,3)18/h9,18H,4-7H2,1-3H3,(H,13,14,15,17)/t9-/m1/s1. The maximum Gasteiger partial charge on any atom is 0.323 e. The molecule has 0 unspecified atom stereocenters. The van der Waals surface area contributed by atoms with Crippen molar-refractivity contribution in [3.8, 4) is 0 Å². The zero-order valence-corrected chi connectivity index (χ0v) is 12.3. The Morgan fingerprint density at radius 1 is 1.58 bits per heavy atom. The Hall–Kier alpha value is -1.21. The van der Waals surface area contributed by atoms with Crippen molar-refractivity contribution in [3.05, 3.63) is 5.82 Å². The van der Waals surface area contributed by atoms with Crippen molar-refractivity contribution in [2.45, 2.75) is 39.2 Å². The van der Waals surface area contributed by atoms with Crippen LogP contribution in [0.25, 0.3) is 0 Å². The van der Waals surface area contributed by atoms with Crippen molar-refractivity contribution in [1.29, 1.82) is 0 Å². The molecule has 0 saturated carbocycles. The van der Waals surface area contributed by atoms with Crippen LogP contribution in [-0.4, -0.2) is 44.1 Å². The molecule has 2 N–H and O–H groups in total. The molecule has 6 nitrogen and oxygen atoms in total. The van der Waals surface area contributed by atoms with Gasteiger partial charge in [-0.3, -0.25) is 5.32 Å². The van der Waals surface area contributed by atoms with Crippen molar-refractivity contribution < 1.29 is 9.90 Å². The summed E-state index contributed by atoms with van der Waals surface area (Å²) in [5, 5.41) is 13.3. The first-order valence-electron chi connectivity index (χ1n) is 6.45. The van der Waals surface area contributed by atoms with Gasteiger partial charge in [-0.2, -0.15) is 4.37 Å². The fourth-order valence-corrected chi connectivity index (χ4v) is 2.82. The molecule has 106 valence electrons. The van der Waals surface area contributed by atoms with Crippen LogP contribution < -0.4 is 5.32 Å². The molecular weight excluding hydrogens is 264 g/mol. The maximum atomic E-state index is 12.1. The second kappa shape index (κ2) is 5.42. The molecule has 19 heavy (non-hydrogen) atoms. The topological polar surface area (TPSA) is 78.4 Å². The maximum absolute atomic E-state index is 12.1. The Morgan fingerprint density at radius 3 is 2.89 bits per heavy atom. The van der Waals surface area contributed by atoms with Gasteiger partial charge in [0, 0.05) is 30.5 Å². The number of aromatic nitrogens is 2. The number of carbonyl (C=O) groups excluding carboxylic acids is 1. The van der Waals surface area contributed by atoms with Gasteiger partial charge in [0.1, 0.15) is 5.82 Å². The zero-order chi connectivity index (χ0) is 14.0. The van der Waals surface area contributed by atoms with Gasteiger partial charge < -0.3 is 10.0 Å². The van der Waals surface area contributed by atoms with Gasteiger partial charge in [0.2, 0.25) is 5.13 Å². The second-order valence-electron chi connectivity index (χ2n) is 5.52. The summed E-state index contributed by atoms with van der Waals surface area (Å²) in [5.74, 6) is 0.775. The van der Waals surface area contributed by atoms with E-state index in [1.165, 1.54) is 11.5 Å². The van der Waals surface area contributed by atoms with E-state index >= 15 is 0 Å². The summed E-state index contributed by atoms with van der Waals surface area (Å²) >= 11 is 1.18. The van der Waals surface area contributed by atoms with E-state index in [0.29, 0.717) is 17.5 Å². The number of hydrogen-bond acceptors (Lipinski definition) is 5. The molecule has 1 aromatic heterocycles. The summed E-state index contributed by atoms with van der Waals surface area (Å²) in [6.45, 7) is 6.68. The average Bonchev–Trinajstić information content (AvgIpc) is 2.74. The van der Waals surface area contributed by atoms with Crippen LogP contribution in [0, 0.1) is 12.8 Å². The summed E-state index contributed by atoms with van der Waals surface area (Å²) in [4.78, 5) is 18.0. The number of anilines is 1. The van der Waals surface area contributed by atoms with Crippen molar-refractivity contribution in [1.82, 2.24) is 14.3 Å². The van der Waals surface area contributed by atoms with Crippen LogP contribution in [0.15, 0.2) is 0 Å². The summed E-state index contributed by atoms with van der Waals surface area (Å²) in [7, 11) is 0. The predicted molar refractivity (Wildman–Crippen MR) is 74.3 cm³/mol. The lowest BCUT2D eigenvalue weighted by Crippen LogP contribution is -2.48. The lowest BCUT2D eigenvalue weighted by Gasteiger charge is -2.38. The van der Waals surface area contributed by atoms with Crippen molar-refractivity contribution in [3.63, 3.8) is 0 Å². The molecule has 0 spiro atoms. The first-order chi connectivity index (χ1) is 8.86. The monoisotopic (exact) mass is 284 g/mol. The van der Waals surface area contributed by atoms with Gasteiger partial charge in [0.25, 0.3) is 0 Å². The number of aryl methyl sites for hydroxylation is 1. The highest BCUT2D eigenvalue weighted by Crippen LogP contribution is 2.27. The van der Waals surface area contributed by atoms with Gasteiger partial charge in [0.15, 0.2) is 0 Å². The molecule has 1 fully saturated rings. The molecule has 0 bridgehead atoms. The molecule has 2 heterocycles. The lowest BCUT2D eigenvalue weighted by atomic mass is 9.84. The van der Waals surface area contributed by atoms with Gasteiger partial charge in [-0.1, -0.05) is 0 Å². The minimum Gasteiger partial charge on any atom is -0.390 e. The molecule has 1 aliphatic rings. The van der Waals surface area contributed by atoms with Crippen LogP contribution in [0.1, 0.15) is 32.5 Å². The van der Waals surface area contributed by atoms with Crippen LogP contribution >= 0.6 is 11.5 Å². The lowest BCUT2D eigenvalue weighted by molar-refractivity contribution is -0.00973. The minimum absolute atomic E-state index is 0.114. The molecule has 1 atom stereocenters. The Labute approximate surface area is 117 Å². The summed E-state index contributed by atoms with van der Waals surface area (Å²) in [6.07, 6.45) is 1.86. The van der Waals surface area contributed by atoms with Gasteiger partial charge in [-0.25, -0.2) is 9.78 Å². The van der Waals surface area contributed by atoms with E-state index < -0.39 is 5.60 Å². The van der Waals surface area contributed by atoms with Crippen LogP contribution in [0.4, 0.5) is 9.93 Å². The van der Waals surface area contributed by atoms with Gasteiger partial charge in [0.05, 0.1) is 5.60 Å². The molecule has 7 heteroatoms. The van der Waals surface area contributed by atoms with E-state index in [1.54, 1.807) is 25.7 Å². The number of hydrogen-bond donors (Lipinski definition) is 2. The third-order valence-corrected chi connectivity index (χ3v) is 4.17. The SMILES string of the molecule is Cc1nsc(NC(=O)N2CCC[C@@H](C(C)(C)O)C2)n1. The Morgan fingerprint density at radius 2 is 2.32 bits per heavy atom. The predicted octanol–water partition coefficient (Wildman–Crippen LogP) is 1.86. The van der Waals surface area contributed by atoms with Gasteiger partial charge in [-0.15, -0.1) is 0 Å². The Kier molecular flexibility index (Phi) is 4.05. The molecule has 1 aliphatic heterocycles. The van der Waals surface area contributed by atoms with Crippen molar-refractivity contribution in [2.75, 3.05) is 18.4 Å². The molecular formula is C12H20N4O2S. The first kappa shape index (κ1) is 14.2. The van der Waals surface area contributed by atoms with E-state index in [9.17, 15) is 9.90 Å². The van der Waals surface area contributed by atoms with E-state index in [4.69, 9.17) is 0 Å². The molecule has 1 saturated heterocycles. The highest BCUT2D eigenvalue weighted by Gasteiger charge is 2.33. The molecule has 2 amide bonds. The Balaban J connectivity index is 1.95. The quantitative estimate of drug-likeness (QED) is 0.869. The van der Waals surface area contributed by atoms with E-state index in [0.717, 1.165) is 19.4 Å². The molecule has 1 aromatic rings. The number of rotatable bonds is 2. The highest BCUT2D eigenvalue weighted by molar-refractivity contribution is 7.09. The van der Waals surface area contributed by atoms with Crippen LogP contribution in [-0.2, 0) is 0 Å². The van der Waals surface area contributed by atoms with Gasteiger partial charge >= 0.3 is 6.03 Å². The average molecular weight is 284 g/mol. The second-order valence-corrected chi connectivity index (χ2v) is 6.27. The molecule has 2 rings (SSSR count). The number of piperidine rings is 1. The smallest absolute Gasteiger partial charge is 0.323 e. The first-order valence-corrected chi connectivity index (χ1v) is 7.22. The summed E-state index contributed by atoms with van der Waals surface area (Å²) < 4.78 is 4.03. The normalized spacial score (nSPS) is 20.4. The number of nitrogens with zero attached hydrogens (tertiary/aromatic N) is 3. The summed E-state index contributed by atoms with van der Waals surface area (Å²) in [5.41, 5.74) is -0.752. The highest BCUT2D eigenvalue weighted by atomic mass is 32.1. The Bertz CT molecular complexity index is 455. The third kappa shape index (κ3) is 3.63. The van der Waals surface area contributed by atoms with Crippen LogP contribution in [0.5, 0.6) is 0 Å². The number of carbonyl (C=O) groups is 1. The number of likely N-dealkylation sites (tertiary alicyclic amines) is 1. The fourth-order valence-electron chi connectivity index (χ4n) is 2.26. The zero-order valence-electron chi connectivity index (χ0n) is 11.5. The van der Waals surface area contributed by atoms with E-state index in [2.05, 4.69) is 14.7 Å². The number of aliphatic hydroxyl groups is 1. The van der Waals surface area contributed by atoms with Crippen molar-refractivity contribution in [2.24, 2.45) is 5.92 Å². The minimum atomic E-state index is -0.752. The van der Waals surface area contributed by atoms with E-state index in [-0.39, 0.29) is 11.9 Å². The van der Waals surface area contributed by atoms with Gasteiger partial charge in [-0.05, 0) is 33.6 Å². The van der Waals surface area contributed by atoms with Crippen LogP contribution in [0.2, 0.25) is 0 Å². The fraction of sp³-hybridized carbons (Fsp3) is 0.750. The molecule has 0 aliphatic carbocycles. The van der Waals surface area contributed by atoms with Crippen LogP contribution in [0.3, 0.4) is 0 Å². The third-order valence-electron chi connectivity index (χ3n) is 3.45. The number of urea groups is 1.